The van der Waals surface area contributed by atoms with E-state index in [2.05, 4.69) is 5.32 Å². The fourth-order valence-corrected chi connectivity index (χ4v) is 2.68. The van der Waals surface area contributed by atoms with Gasteiger partial charge in [-0.3, -0.25) is 9.59 Å². The van der Waals surface area contributed by atoms with E-state index >= 15 is 0 Å². The molecule has 108 valence electrons. The molecule has 0 aliphatic heterocycles. The van der Waals surface area contributed by atoms with Crippen molar-refractivity contribution in [3.8, 4) is 0 Å². The first-order valence-corrected chi connectivity index (χ1v) is 6.39. The van der Waals surface area contributed by atoms with Gasteiger partial charge >= 0.3 is 12.1 Å². The number of rotatable bonds is 3. The second kappa shape index (κ2) is 5.02. The molecule has 2 aliphatic carbocycles. The number of carbonyl (C=O) groups excluding carboxylic acids is 1. The number of nitrogens with one attached hydrogen (secondary N) is 1. The molecule has 0 aromatic rings. The monoisotopic (exact) mass is 279 g/mol. The van der Waals surface area contributed by atoms with E-state index in [9.17, 15) is 22.8 Å². The number of hydrogen-bond acceptors (Lipinski definition) is 2. The van der Waals surface area contributed by atoms with Crippen LogP contribution >= 0.6 is 0 Å². The van der Waals surface area contributed by atoms with E-state index in [-0.39, 0.29) is 19.3 Å². The van der Waals surface area contributed by atoms with Gasteiger partial charge in [-0.15, -0.1) is 0 Å². The molecule has 0 bridgehead atoms. The van der Waals surface area contributed by atoms with E-state index in [4.69, 9.17) is 5.11 Å². The summed E-state index contributed by atoms with van der Waals surface area (Å²) in [4.78, 5) is 22.3. The second-order valence-electron chi connectivity index (χ2n) is 5.40. The Balaban J connectivity index is 1.83. The molecule has 0 aromatic carbocycles. The van der Waals surface area contributed by atoms with Crippen LogP contribution in [0.4, 0.5) is 13.2 Å². The standard InChI is InChI=1S/C12H16F3NO3/c13-12(14,15)6-2-1-3-7(4-6)16-10(17)8-5-9(8)11(18)19/h6-9H,1-5H2,(H,16,17)(H,18,19)/t6-,7+,8-,9+/m0/s1. The summed E-state index contributed by atoms with van der Waals surface area (Å²) >= 11 is 0. The lowest BCUT2D eigenvalue weighted by molar-refractivity contribution is -0.184. The molecular weight excluding hydrogens is 263 g/mol. The van der Waals surface area contributed by atoms with Crippen LogP contribution in [0.5, 0.6) is 0 Å². The number of halogens is 3. The Bertz CT molecular complexity index is 383. The summed E-state index contributed by atoms with van der Waals surface area (Å²) in [6, 6.07) is -0.483. The number of carboxylic acid groups (broad SMARTS) is 1. The molecule has 2 aliphatic rings. The zero-order valence-corrected chi connectivity index (χ0v) is 10.2. The minimum atomic E-state index is -4.22. The molecule has 1 amide bonds. The number of alkyl halides is 3. The summed E-state index contributed by atoms with van der Waals surface area (Å²) in [6.07, 6.45) is -2.95. The quantitative estimate of drug-likeness (QED) is 0.829. The van der Waals surface area contributed by atoms with Crippen molar-refractivity contribution in [1.29, 1.82) is 0 Å². The van der Waals surface area contributed by atoms with Crippen molar-refractivity contribution < 1.29 is 27.9 Å². The molecule has 0 heterocycles. The molecule has 0 unspecified atom stereocenters. The van der Waals surface area contributed by atoms with Crippen molar-refractivity contribution in [1.82, 2.24) is 5.32 Å². The largest absolute Gasteiger partial charge is 0.481 e. The number of carbonyl (C=O) groups is 2. The lowest BCUT2D eigenvalue weighted by atomic mass is 9.85. The average Bonchev–Trinajstić information content (AvgIpc) is 3.08. The van der Waals surface area contributed by atoms with Crippen LogP contribution in [0.1, 0.15) is 32.1 Å². The van der Waals surface area contributed by atoms with Gasteiger partial charge in [0.05, 0.1) is 17.8 Å². The minimum Gasteiger partial charge on any atom is -0.481 e. The van der Waals surface area contributed by atoms with Crippen LogP contribution in [0, 0.1) is 17.8 Å². The first kappa shape index (κ1) is 14.1. The lowest BCUT2D eigenvalue weighted by Gasteiger charge is -2.31. The fourth-order valence-electron chi connectivity index (χ4n) is 2.68. The third-order valence-electron chi connectivity index (χ3n) is 3.93. The number of aliphatic carboxylic acids is 1. The van der Waals surface area contributed by atoms with E-state index in [0.717, 1.165) is 0 Å². The summed E-state index contributed by atoms with van der Waals surface area (Å²) < 4.78 is 37.8. The van der Waals surface area contributed by atoms with Crippen molar-refractivity contribution in [2.75, 3.05) is 0 Å². The highest BCUT2D eigenvalue weighted by atomic mass is 19.4. The normalized spacial score (nSPS) is 34.7. The Labute approximate surface area is 108 Å². The molecule has 0 aromatic heterocycles. The maximum absolute atomic E-state index is 12.6. The topological polar surface area (TPSA) is 66.4 Å². The second-order valence-corrected chi connectivity index (χ2v) is 5.40. The Morgan fingerprint density at radius 1 is 1.11 bits per heavy atom. The molecule has 0 radical (unpaired) electrons. The van der Waals surface area contributed by atoms with E-state index in [1.807, 2.05) is 0 Å². The Morgan fingerprint density at radius 3 is 2.32 bits per heavy atom. The van der Waals surface area contributed by atoms with E-state index in [1.54, 1.807) is 0 Å². The number of amides is 1. The zero-order chi connectivity index (χ0) is 14.2. The molecule has 2 rings (SSSR count). The van der Waals surface area contributed by atoms with E-state index < -0.39 is 41.8 Å². The summed E-state index contributed by atoms with van der Waals surface area (Å²) in [7, 11) is 0. The number of hydrogen-bond donors (Lipinski definition) is 2. The van der Waals surface area contributed by atoms with Gasteiger partial charge in [0.15, 0.2) is 0 Å². The minimum absolute atomic E-state index is 0.0975. The first-order valence-electron chi connectivity index (χ1n) is 6.39. The Morgan fingerprint density at radius 2 is 1.79 bits per heavy atom. The Kier molecular flexibility index (Phi) is 3.73. The van der Waals surface area contributed by atoms with Crippen molar-refractivity contribution in [2.45, 2.75) is 44.3 Å². The SMILES string of the molecule is O=C(N[C@@H]1CCC[C@H](C(F)(F)F)C1)[C@H]1C[C@H]1C(=O)O. The molecule has 2 N–H and O–H groups in total. The summed E-state index contributed by atoms with van der Waals surface area (Å²) in [5.74, 6) is -4.02. The molecule has 2 fully saturated rings. The molecule has 0 saturated heterocycles. The van der Waals surface area contributed by atoms with Crippen molar-refractivity contribution in [2.24, 2.45) is 17.8 Å². The van der Waals surface area contributed by atoms with Gasteiger partial charge in [-0.2, -0.15) is 13.2 Å². The molecule has 0 spiro atoms. The van der Waals surface area contributed by atoms with Gasteiger partial charge in [-0.25, -0.2) is 0 Å². The van der Waals surface area contributed by atoms with Gasteiger partial charge < -0.3 is 10.4 Å². The molecular formula is C12H16F3NO3. The lowest BCUT2D eigenvalue weighted by Crippen LogP contribution is -2.42. The molecule has 19 heavy (non-hydrogen) atoms. The maximum Gasteiger partial charge on any atom is 0.391 e. The molecule has 4 nitrogen and oxygen atoms in total. The third-order valence-corrected chi connectivity index (χ3v) is 3.93. The third kappa shape index (κ3) is 3.39. The highest BCUT2D eigenvalue weighted by molar-refractivity contribution is 5.89. The maximum atomic E-state index is 12.6. The van der Waals surface area contributed by atoms with Crippen LogP contribution in [0.3, 0.4) is 0 Å². The smallest absolute Gasteiger partial charge is 0.391 e. The number of carboxylic acids is 1. The van der Waals surface area contributed by atoms with Gasteiger partial charge in [-0.1, -0.05) is 6.42 Å². The summed E-state index contributed by atoms with van der Waals surface area (Å²) in [5, 5.41) is 11.3. The molecule has 2 saturated carbocycles. The van der Waals surface area contributed by atoms with Crippen molar-refractivity contribution >= 4 is 11.9 Å². The van der Waals surface area contributed by atoms with Crippen LogP contribution in [0.25, 0.3) is 0 Å². The van der Waals surface area contributed by atoms with Crippen LogP contribution in [0.15, 0.2) is 0 Å². The molecule has 7 heteroatoms. The zero-order valence-electron chi connectivity index (χ0n) is 10.2. The summed E-state index contributed by atoms with van der Waals surface area (Å²) in [5.41, 5.74) is 0. The van der Waals surface area contributed by atoms with Crippen LogP contribution in [0.2, 0.25) is 0 Å². The van der Waals surface area contributed by atoms with Crippen LogP contribution in [-0.4, -0.2) is 29.2 Å². The van der Waals surface area contributed by atoms with Gasteiger partial charge in [0.2, 0.25) is 5.91 Å². The van der Waals surface area contributed by atoms with Gasteiger partial charge in [0.25, 0.3) is 0 Å². The predicted molar refractivity (Wildman–Crippen MR) is 59.2 cm³/mol. The van der Waals surface area contributed by atoms with Crippen molar-refractivity contribution in [3.63, 3.8) is 0 Å². The predicted octanol–water partition coefficient (Wildman–Crippen LogP) is 1.94. The van der Waals surface area contributed by atoms with E-state index in [1.165, 1.54) is 0 Å². The fraction of sp³-hybridized carbons (Fsp3) is 0.833. The first-order chi connectivity index (χ1) is 8.79. The Hall–Kier alpha value is -1.27. The van der Waals surface area contributed by atoms with Crippen LogP contribution < -0.4 is 5.32 Å². The van der Waals surface area contributed by atoms with Gasteiger partial charge in [-0.05, 0) is 25.7 Å². The average molecular weight is 279 g/mol. The highest BCUT2D eigenvalue weighted by Crippen LogP contribution is 2.40. The van der Waals surface area contributed by atoms with Gasteiger partial charge in [0.1, 0.15) is 0 Å². The summed E-state index contributed by atoms with van der Waals surface area (Å²) in [6.45, 7) is 0. The highest BCUT2D eigenvalue weighted by Gasteiger charge is 2.49. The van der Waals surface area contributed by atoms with Crippen molar-refractivity contribution in [3.05, 3.63) is 0 Å². The molecule has 4 atom stereocenters. The van der Waals surface area contributed by atoms with E-state index in [0.29, 0.717) is 12.8 Å². The van der Waals surface area contributed by atoms with Crippen LogP contribution in [-0.2, 0) is 9.59 Å². The van der Waals surface area contributed by atoms with Gasteiger partial charge in [0, 0.05) is 6.04 Å².